The molecule has 0 saturated heterocycles. The van der Waals surface area contributed by atoms with Gasteiger partial charge in [-0.2, -0.15) is 0 Å². The van der Waals surface area contributed by atoms with Crippen molar-refractivity contribution < 1.29 is 4.79 Å². The Morgan fingerprint density at radius 2 is 1.84 bits per heavy atom. The van der Waals surface area contributed by atoms with Crippen LogP contribution in [-0.4, -0.2) is 13.3 Å². The van der Waals surface area contributed by atoms with Gasteiger partial charge in [0, 0.05) is 23.8 Å². The summed E-state index contributed by atoms with van der Waals surface area (Å²) in [5.41, 5.74) is 3.40. The molecule has 0 atom stereocenters. The second-order valence-electron chi connectivity index (χ2n) is 5.55. The number of hydrogen-bond donors (Lipinski definition) is 0. The second kappa shape index (κ2) is 3.95. The minimum atomic E-state index is -0.147. The van der Waals surface area contributed by atoms with Crippen molar-refractivity contribution in [3.63, 3.8) is 0 Å². The molecule has 2 aromatic carbocycles. The van der Waals surface area contributed by atoms with E-state index in [4.69, 9.17) is 0 Å². The number of carbonyl (C=O) groups is 1. The first-order valence-electron chi connectivity index (χ1n) is 6.49. The Kier molecular flexibility index (Phi) is 2.49. The zero-order valence-electron chi connectivity index (χ0n) is 11.5. The van der Waals surface area contributed by atoms with Crippen molar-refractivity contribution in [2.24, 2.45) is 0 Å². The molecule has 0 saturated carbocycles. The van der Waals surface area contributed by atoms with Gasteiger partial charge in [0.2, 0.25) is 0 Å². The third-order valence-electron chi connectivity index (χ3n) is 4.12. The van der Waals surface area contributed by atoms with Crippen LogP contribution in [0.4, 0.5) is 5.69 Å². The Balaban J connectivity index is 2.40. The van der Waals surface area contributed by atoms with E-state index in [0.29, 0.717) is 0 Å². The minimum absolute atomic E-state index is 0.147. The highest BCUT2D eigenvalue weighted by Crippen LogP contribution is 2.49. The van der Waals surface area contributed by atoms with E-state index in [1.54, 1.807) is 6.08 Å². The van der Waals surface area contributed by atoms with E-state index in [-0.39, 0.29) is 5.41 Å². The highest BCUT2D eigenvalue weighted by atomic mass is 16.1. The number of likely N-dealkylation sites (N-methyl/N-ethyl adjacent to an activating group) is 1. The molecule has 1 heterocycles. The Morgan fingerprint density at radius 1 is 1.11 bits per heavy atom. The number of anilines is 1. The molecule has 1 aliphatic rings. The zero-order chi connectivity index (χ0) is 13.6. The number of carbonyl (C=O) groups excluding carboxylic acids is 1. The summed E-state index contributed by atoms with van der Waals surface area (Å²) in [5.74, 6) is 0. The maximum absolute atomic E-state index is 10.9. The Bertz CT molecular complexity index is 697. The molecule has 19 heavy (non-hydrogen) atoms. The van der Waals surface area contributed by atoms with E-state index in [2.05, 4.69) is 55.1 Å². The maximum atomic E-state index is 10.9. The van der Waals surface area contributed by atoms with Crippen LogP contribution in [0.25, 0.3) is 10.8 Å². The summed E-state index contributed by atoms with van der Waals surface area (Å²) in [4.78, 5) is 13.0. The SMILES string of the molecule is CN1/C(=C/C=O)C(C)(C)c2c1ccc1ccccc21. The molecular weight excluding hydrogens is 234 g/mol. The van der Waals surface area contributed by atoms with Crippen LogP contribution in [0.5, 0.6) is 0 Å². The lowest BCUT2D eigenvalue weighted by atomic mass is 9.81. The largest absolute Gasteiger partial charge is 0.347 e. The third kappa shape index (κ3) is 1.53. The average molecular weight is 251 g/mol. The number of hydrogen-bond acceptors (Lipinski definition) is 2. The van der Waals surface area contributed by atoms with Gasteiger partial charge in [0.15, 0.2) is 0 Å². The fraction of sp³-hybridized carbons (Fsp3) is 0.235. The van der Waals surface area contributed by atoms with Crippen molar-refractivity contribution in [1.29, 1.82) is 0 Å². The lowest BCUT2D eigenvalue weighted by Gasteiger charge is -2.23. The van der Waals surface area contributed by atoms with Crippen LogP contribution in [0.2, 0.25) is 0 Å². The smallest absolute Gasteiger partial charge is 0.144 e. The summed E-state index contributed by atoms with van der Waals surface area (Å²) in [5, 5.41) is 2.52. The van der Waals surface area contributed by atoms with E-state index < -0.39 is 0 Å². The number of allylic oxidation sites excluding steroid dienone is 2. The molecule has 0 fully saturated rings. The monoisotopic (exact) mass is 251 g/mol. The first-order chi connectivity index (χ1) is 9.07. The van der Waals surface area contributed by atoms with Gasteiger partial charge in [0.1, 0.15) is 6.29 Å². The van der Waals surface area contributed by atoms with Gasteiger partial charge in [-0.1, -0.05) is 44.2 Å². The average Bonchev–Trinajstić information content (AvgIpc) is 2.60. The summed E-state index contributed by atoms with van der Waals surface area (Å²) in [6.45, 7) is 4.36. The van der Waals surface area contributed by atoms with Crippen molar-refractivity contribution in [2.75, 3.05) is 11.9 Å². The minimum Gasteiger partial charge on any atom is -0.347 e. The molecule has 2 nitrogen and oxygen atoms in total. The van der Waals surface area contributed by atoms with Gasteiger partial charge < -0.3 is 4.90 Å². The van der Waals surface area contributed by atoms with Crippen molar-refractivity contribution >= 4 is 22.7 Å². The molecule has 1 aliphatic heterocycles. The number of fused-ring (bicyclic) bond motifs is 3. The Hall–Kier alpha value is -2.09. The van der Waals surface area contributed by atoms with Gasteiger partial charge in [-0.3, -0.25) is 4.79 Å². The number of rotatable bonds is 1. The maximum Gasteiger partial charge on any atom is 0.144 e. The molecule has 0 unspecified atom stereocenters. The molecular formula is C17H17NO. The fourth-order valence-corrected chi connectivity index (χ4v) is 3.26. The lowest BCUT2D eigenvalue weighted by molar-refractivity contribution is -0.104. The highest BCUT2D eigenvalue weighted by Gasteiger charge is 2.39. The molecule has 2 heteroatoms. The van der Waals surface area contributed by atoms with Crippen LogP contribution in [-0.2, 0) is 10.2 Å². The molecule has 0 N–H and O–H groups in total. The van der Waals surface area contributed by atoms with Gasteiger partial charge in [-0.15, -0.1) is 0 Å². The van der Waals surface area contributed by atoms with Crippen molar-refractivity contribution in [3.05, 3.63) is 53.7 Å². The molecule has 96 valence electrons. The van der Waals surface area contributed by atoms with E-state index in [1.165, 1.54) is 22.0 Å². The molecule has 0 amide bonds. The number of benzene rings is 2. The Labute approximate surface area is 113 Å². The third-order valence-corrected chi connectivity index (χ3v) is 4.12. The van der Waals surface area contributed by atoms with E-state index in [1.807, 2.05) is 7.05 Å². The number of nitrogens with zero attached hydrogens (tertiary/aromatic N) is 1. The summed E-state index contributed by atoms with van der Waals surface area (Å²) in [6.07, 6.45) is 2.55. The molecule has 0 spiro atoms. The lowest BCUT2D eigenvalue weighted by Crippen LogP contribution is -2.23. The first-order valence-corrected chi connectivity index (χ1v) is 6.49. The van der Waals surface area contributed by atoms with Crippen LogP contribution < -0.4 is 4.90 Å². The molecule has 2 aromatic rings. The topological polar surface area (TPSA) is 20.3 Å². The van der Waals surface area contributed by atoms with E-state index in [9.17, 15) is 4.79 Å². The molecule has 0 aliphatic carbocycles. The summed E-state index contributed by atoms with van der Waals surface area (Å²) < 4.78 is 0. The van der Waals surface area contributed by atoms with Gasteiger partial charge in [-0.25, -0.2) is 0 Å². The van der Waals surface area contributed by atoms with Crippen LogP contribution >= 0.6 is 0 Å². The second-order valence-corrected chi connectivity index (χ2v) is 5.55. The predicted molar refractivity (Wildman–Crippen MR) is 79.5 cm³/mol. The predicted octanol–water partition coefficient (Wildman–Crippen LogP) is 3.65. The first kappa shape index (κ1) is 12.0. The Morgan fingerprint density at radius 3 is 2.58 bits per heavy atom. The van der Waals surface area contributed by atoms with Crippen molar-refractivity contribution in [3.8, 4) is 0 Å². The van der Waals surface area contributed by atoms with Crippen LogP contribution in [0.3, 0.4) is 0 Å². The highest BCUT2D eigenvalue weighted by molar-refractivity contribution is 5.95. The van der Waals surface area contributed by atoms with E-state index in [0.717, 1.165) is 12.0 Å². The van der Waals surface area contributed by atoms with Crippen molar-refractivity contribution in [1.82, 2.24) is 0 Å². The van der Waals surface area contributed by atoms with Crippen LogP contribution in [0.1, 0.15) is 19.4 Å². The van der Waals surface area contributed by atoms with Crippen LogP contribution in [0, 0.1) is 0 Å². The summed E-state index contributed by atoms with van der Waals surface area (Å²) in [6, 6.07) is 12.7. The fourth-order valence-electron chi connectivity index (χ4n) is 3.26. The van der Waals surface area contributed by atoms with Crippen LogP contribution in [0.15, 0.2) is 48.2 Å². The van der Waals surface area contributed by atoms with Gasteiger partial charge in [0.05, 0.1) is 0 Å². The molecule has 0 bridgehead atoms. The van der Waals surface area contributed by atoms with Gasteiger partial charge >= 0.3 is 0 Å². The van der Waals surface area contributed by atoms with E-state index >= 15 is 0 Å². The standard InChI is InChI=1S/C17H17NO/c1-17(2)15(10-11-19)18(3)14-9-8-12-6-4-5-7-13(12)16(14)17/h4-11H,1-3H3/b15-10+. The zero-order valence-corrected chi connectivity index (χ0v) is 11.5. The molecule has 3 rings (SSSR count). The van der Waals surface area contributed by atoms with Gasteiger partial charge in [0.25, 0.3) is 0 Å². The summed E-state index contributed by atoms with van der Waals surface area (Å²) >= 11 is 0. The molecule has 0 radical (unpaired) electrons. The molecule has 0 aromatic heterocycles. The normalized spacial score (nSPS) is 18.9. The summed E-state index contributed by atoms with van der Waals surface area (Å²) in [7, 11) is 2.03. The van der Waals surface area contributed by atoms with Crippen molar-refractivity contribution in [2.45, 2.75) is 19.3 Å². The quantitative estimate of drug-likeness (QED) is 0.569. The van der Waals surface area contributed by atoms with Gasteiger partial charge in [-0.05, 0) is 28.5 Å². The number of aldehydes is 1.